The number of anilines is 1. The van der Waals surface area contributed by atoms with E-state index in [-0.39, 0.29) is 0 Å². The summed E-state index contributed by atoms with van der Waals surface area (Å²) < 4.78 is 10.8. The number of nitrogen functional groups attached to an aromatic ring is 1. The number of methoxy groups -OCH3 is 1. The van der Waals surface area contributed by atoms with Gasteiger partial charge in [-0.1, -0.05) is 18.2 Å². The van der Waals surface area contributed by atoms with Gasteiger partial charge in [0.2, 0.25) is 0 Å². The third kappa shape index (κ3) is 3.03. The SMILES string of the molecule is COCc1cccc(Oc2cccc(C#N)c2N)c1. The molecule has 0 aliphatic carbocycles. The van der Waals surface area contributed by atoms with Gasteiger partial charge >= 0.3 is 0 Å². The summed E-state index contributed by atoms with van der Waals surface area (Å²) in [4.78, 5) is 0. The number of hydrogen-bond donors (Lipinski definition) is 1. The Labute approximate surface area is 112 Å². The van der Waals surface area contributed by atoms with E-state index in [1.54, 1.807) is 25.3 Å². The lowest BCUT2D eigenvalue weighted by molar-refractivity contribution is 0.184. The summed E-state index contributed by atoms with van der Waals surface area (Å²) in [5, 5.41) is 8.92. The van der Waals surface area contributed by atoms with Crippen LogP contribution in [0.5, 0.6) is 11.5 Å². The van der Waals surface area contributed by atoms with E-state index in [2.05, 4.69) is 0 Å². The highest BCUT2D eigenvalue weighted by Crippen LogP contribution is 2.30. The van der Waals surface area contributed by atoms with Crippen molar-refractivity contribution in [3.63, 3.8) is 0 Å². The van der Waals surface area contributed by atoms with Crippen molar-refractivity contribution in [3.8, 4) is 17.6 Å². The molecule has 0 saturated heterocycles. The minimum atomic E-state index is 0.349. The summed E-state index contributed by atoms with van der Waals surface area (Å²) in [5.41, 5.74) is 7.63. The minimum absolute atomic E-state index is 0.349. The summed E-state index contributed by atoms with van der Waals surface area (Å²) in [6.07, 6.45) is 0. The number of hydrogen-bond acceptors (Lipinski definition) is 4. The molecule has 0 aliphatic rings. The molecular formula is C15H14N2O2. The van der Waals surface area contributed by atoms with Gasteiger partial charge in [0.15, 0.2) is 5.75 Å². The Kier molecular flexibility index (Phi) is 4.01. The van der Waals surface area contributed by atoms with E-state index in [0.717, 1.165) is 5.56 Å². The molecule has 0 bridgehead atoms. The summed E-state index contributed by atoms with van der Waals surface area (Å²) in [7, 11) is 1.64. The highest BCUT2D eigenvalue weighted by Gasteiger charge is 2.06. The van der Waals surface area contributed by atoms with Gasteiger partial charge in [0.05, 0.1) is 17.9 Å². The van der Waals surface area contributed by atoms with E-state index in [0.29, 0.717) is 29.4 Å². The standard InChI is InChI=1S/C15H14N2O2/c1-18-10-11-4-2-6-13(8-11)19-14-7-3-5-12(9-16)15(14)17/h2-8H,10,17H2,1H3. The zero-order chi connectivity index (χ0) is 13.7. The average Bonchev–Trinajstić information content (AvgIpc) is 2.42. The number of para-hydroxylation sites is 1. The van der Waals surface area contributed by atoms with Crippen molar-refractivity contribution in [2.24, 2.45) is 0 Å². The first-order chi connectivity index (χ1) is 9.24. The van der Waals surface area contributed by atoms with E-state index >= 15 is 0 Å². The maximum Gasteiger partial charge on any atom is 0.151 e. The molecule has 0 atom stereocenters. The van der Waals surface area contributed by atoms with Crippen molar-refractivity contribution in [3.05, 3.63) is 53.6 Å². The smallest absolute Gasteiger partial charge is 0.151 e. The second-order valence-corrected chi connectivity index (χ2v) is 4.01. The van der Waals surface area contributed by atoms with Crippen LogP contribution >= 0.6 is 0 Å². The molecule has 0 spiro atoms. The van der Waals surface area contributed by atoms with Crippen LogP contribution in [-0.2, 0) is 11.3 Å². The largest absolute Gasteiger partial charge is 0.455 e. The maximum atomic E-state index is 8.92. The lowest BCUT2D eigenvalue weighted by Gasteiger charge is -2.10. The molecule has 0 radical (unpaired) electrons. The highest BCUT2D eigenvalue weighted by molar-refractivity contribution is 5.63. The predicted molar refractivity (Wildman–Crippen MR) is 72.8 cm³/mol. The minimum Gasteiger partial charge on any atom is -0.455 e. The number of ether oxygens (including phenoxy) is 2. The lowest BCUT2D eigenvalue weighted by atomic mass is 10.2. The Hall–Kier alpha value is -2.51. The monoisotopic (exact) mass is 254 g/mol. The number of benzene rings is 2. The fourth-order valence-corrected chi connectivity index (χ4v) is 1.72. The lowest BCUT2D eigenvalue weighted by Crippen LogP contribution is -1.96. The van der Waals surface area contributed by atoms with Gasteiger partial charge in [0.25, 0.3) is 0 Å². The predicted octanol–water partition coefficient (Wildman–Crippen LogP) is 3.08. The summed E-state index contributed by atoms with van der Waals surface area (Å²) >= 11 is 0. The van der Waals surface area contributed by atoms with E-state index in [4.69, 9.17) is 20.5 Å². The molecule has 0 unspecified atom stereocenters. The molecule has 4 heteroatoms. The van der Waals surface area contributed by atoms with Gasteiger partial charge in [-0.2, -0.15) is 5.26 Å². The fraction of sp³-hybridized carbons (Fsp3) is 0.133. The van der Waals surface area contributed by atoms with Crippen molar-refractivity contribution >= 4 is 5.69 Å². The Morgan fingerprint density at radius 2 is 2.00 bits per heavy atom. The van der Waals surface area contributed by atoms with Crippen molar-refractivity contribution in [1.82, 2.24) is 0 Å². The van der Waals surface area contributed by atoms with E-state index in [1.165, 1.54) is 0 Å². The molecule has 2 rings (SSSR count). The number of nitrogens with zero attached hydrogens (tertiary/aromatic N) is 1. The van der Waals surface area contributed by atoms with Gasteiger partial charge < -0.3 is 15.2 Å². The Balaban J connectivity index is 2.26. The Morgan fingerprint density at radius 1 is 1.21 bits per heavy atom. The van der Waals surface area contributed by atoms with Crippen LogP contribution in [0.25, 0.3) is 0 Å². The van der Waals surface area contributed by atoms with Crippen LogP contribution in [0.3, 0.4) is 0 Å². The first-order valence-electron chi connectivity index (χ1n) is 5.79. The highest BCUT2D eigenvalue weighted by atomic mass is 16.5. The second-order valence-electron chi connectivity index (χ2n) is 4.01. The summed E-state index contributed by atoms with van der Waals surface area (Å²) in [5.74, 6) is 1.14. The molecule has 0 amide bonds. The first-order valence-corrected chi connectivity index (χ1v) is 5.79. The molecule has 96 valence electrons. The molecule has 2 N–H and O–H groups in total. The third-order valence-corrected chi connectivity index (χ3v) is 2.62. The topological polar surface area (TPSA) is 68.3 Å². The zero-order valence-corrected chi connectivity index (χ0v) is 10.6. The van der Waals surface area contributed by atoms with E-state index < -0.39 is 0 Å². The molecule has 2 aromatic rings. The quantitative estimate of drug-likeness (QED) is 0.851. The normalized spacial score (nSPS) is 9.89. The summed E-state index contributed by atoms with van der Waals surface area (Å²) in [6, 6.07) is 14.7. The van der Waals surface area contributed by atoms with Gasteiger partial charge in [-0.3, -0.25) is 0 Å². The summed E-state index contributed by atoms with van der Waals surface area (Å²) in [6.45, 7) is 0.519. The van der Waals surface area contributed by atoms with Crippen LogP contribution in [0.2, 0.25) is 0 Å². The van der Waals surface area contributed by atoms with E-state index in [1.807, 2.05) is 30.3 Å². The van der Waals surface area contributed by atoms with E-state index in [9.17, 15) is 0 Å². The van der Waals surface area contributed by atoms with Gasteiger partial charge in [0, 0.05) is 7.11 Å². The molecule has 4 nitrogen and oxygen atoms in total. The number of rotatable bonds is 4. The average molecular weight is 254 g/mol. The van der Waals surface area contributed by atoms with Crippen molar-refractivity contribution in [2.75, 3.05) is 12.8 Å². The van der Waals surface area contributed by atoms with Crippen LogP contribution in [0.15, 0.2) is 42.5 Å². The van der Waals surface area contributed by atoms with Gasteiger partial charge in [0.1, 0.15) is 11.8 Å². The van der Waals surface area contributed by atoms with Crippen molar-refractivity contribution in [2.45, 2.75) is 6.61 Å². The van der Waals surface area contributed by atoms with Crippen molar-refractivity contribution < 1.29 is 9.47 Å². The molecule has 19 heavy (non-hydrogen) atoms. The van der Waals surface area contributed by atoms with Crippen LogP contribution in [0.4, 0.5) is 5.69 Å². The number of nitrogens with two attached hydrogens (primary N) is 1. The number of nitriles is 1. The van der Waals surface area contributed by atoms with Gasteiger partial charge in [-0.05, 0) is 29.8 Å². The first kappa shape index (κ1) is 12.9. The van der Waals surface area contributed by atoms with Gasteiger partial charge in [-0.15, -0.1) is 0 Å². The third-order valence-electron chi connectivity index (χ3n) is 2.62. The van der Waals surface area contributed by atoms with Crippen molar-refractivity contribution in [1.29, 1.82) is 5.26 Å². The molecule has 0 heterocycles. The Bertz CT molecular complexity index is 618. The maximum absolute atomic E-state index is 8.92. The molecule has 0 fully saturated rings. The second kappa shape index (κ2) is 5.89. The molecule has 0 aliphatic heterocycles. The molecule has 0 aromatic heterocycles. The van der Waals surface area contributed by atoms with Crippen LogP contribution in [-0.4, -0.2) is 7.11 Å². The fourth-order valence-electron chi connectivity index (χ4n) is 1.72. The van der Waals surface area contributed by atoms with Crippen LogP contribution in [0.1, 0.15) is 11.1 Å². The molecule has 2 aromatic carbocycles. The van der Waals surface area contributed by atoms with Gasteiger partial charge in [-0.25, -0.2) is 0 Å². The van der Waals surface area contributed by atoms with Crippen LogP contribution in [0, 0.1) is 11.3 Å². The Morgan fingerprint density at radius 3 is 2.74 bits per heavy atom. The zero-order valence-electron chi connectivity index (χ0n) is 10.6. The molecular weight excluding hydrogens is 240 g/mol. The molecule has 0 saturated carbocycles. The van der Waals surface area contributed by atoms with Crippen LogP contribution < -0.4 is 10.5 Å².